The molecule has 7 nitrogen and oxygen atoms in total. The van der Waals surface area contributed by atoms with Gasteiger partial charge in [-0.25, -0.2) is 9.59 Å². The highest BCUT2D eigenvalue weighted by Crippen LogP contribution is 2.41. The van der Waals surface area contributed by atoms with Crippen molar-refractivity contribution >= 4 is 17.9 Å². The Kier molecular flexibility index (Phi) is 13.5. The third-order valence-electron chi connectivity index (χ3n) is 7.83. The summed E-state index contributed by atoms with van der Waals surface area (Å²) in [6.45, 7) is 2.70. The Morgan fingerprint density at radius 2 is 1.38 bits per heavy atom. The van der Waals surface area contributed by atoms with Crippen LogP contribution in [0.2, 0.25) is 0 Å². The highest BCUT2D eigenvalue weighted by molar-refractivity contribution is 5.90. The summed E-state index contributed by atoms with van der Waals surface area (Å²) >= 11 is 0. The second-order valence-electron chi connectivity index (χ2n) is 12.0. The highest BCUT2D eigenvalue weighted by Gasteiger charge is 2.46. The number of halogens is 2. The van der Waals surface area contributed by atoms with Gasteiger partial charge in [0.1, 0.15) is 18.0 Å². The molecule has 1 saturated carbocycles. The van der Waals surface area contributed by atoms with E-state index >= 15 is 8.78 Å². The predicted molar refractivity (Wildman–Crippen MR) is 178 cm³/mol. The van der Waals surface area contributed by atoms with Crippen molar-refractivity contribution in [2.24, 2.45) is 11.8 Å². The molecule has 4 atom stereocenters. The van der Waals surface area contributed by atoms with Gasteiger partial charge in [-0.15, -0.1) is 0 Å². The number of esters is 3. The highest BCUT2D eigenvalue weighted by atomic mass is 19.3. The lowest BCUT2D eigenvalue weighted by Gasteiger charge is -2.24. The summed E-state index contributed by atoms with van der Waals surface area (Å²) in [4.78, 5) is 38.2. The Hall–Kier alpha value is -4.79. The van der Waals surface area contributed by atoms with Crippen LogP contribution in [0.3, 0.4) is 0 Å². The van der Waals surface area contributed by atoms with Gasteiger partial charge < -0.3 is 18.9 Å². The molecule has 0 unspecified atom stereocenters. The Bertz CT molecular complexity index is 1510. The van der Waals surface area contributed by atoms with Crippen molar-refractivity contribution in [2.45, 2.75) is 70.2 Å². The van der Waals surface area contributed by atoms with E-state index < -0.39 is 48.5 Å². The number of unbranched alkanes of at least 4 members (excludes halogenated alkanes) is 1. The molecule has 1 aliphatic rings. The molecule has 9 heteroatoms. The van der Waals surface area contributed by atoms with Gasteiger partial charge in [-0.3, -0.25) is 4.79 Å². The molecule has 0 bridgehead atoms. The summed E-state index contributed by atoms with van der Waals surface area (Å²) < 4.78 is 52.7. The number of ether oxygens (including phenoxy) is 4. The normalized spacial score (nSPS) is 19.4. The summed E-state index contributed by atoms with van der Waals surface area (Å²) in [5, 5.41) is 0. The molecule has 0 spiro atoms. The van der Waals surface area contributed by atoms with Gasteiger partial charge in [0.15, 0.2) is 6.61 Å². The number of para-hydroxylation sites is 1. The van der Waals surface area contributed by atoms with Gasteiger partial charge in [-0.1, -0.05) is 72.8 Å². The first-order chi connectivity index (χ1) is 23.1. The lowest BCUT2D eigenvalue weighted by atomic mass is 9.89. The average molecular weight is 661 g/mol. The van der Waals surface area contributed by atoms with E-state index in [2.05, 4.69) is 0 Å². The monoisotopic (exact) mass is 660 g/mol. The van der Waals surface area contributed by atoms with Gasteiger partial charge in [0.2, 0.25) is 0 Å². The van der Waals surface area contributed by atoms with Crippen molar-refractivity contribution in [1.82, 2.24) is 0 Å². The van der Waals surface area contributed by atoms with Gasteiger partial charge in [0, 0.05) is 24.7 Å². The Morgan fingerprint density at radius 3 is 1.96 bits per heavy atom. The molecule has 1 aliphatic carbocycles. The van der Waals surface area contributed by atoms with Gasteiger partial charge in [0.25, 0.3) is 5.92 Å². The molecule has 0 aromatic heterocycles. The lowest BCUT2D eigenvalue weighted by molar-refractivity contribution is -0.147. The minimum Gasteiger partial charge on any atom is -0.487 e. The van der Waals surface area contributed by atoms with Crippen LogP contribution >= 0.6 is 0 Å². The molecule has 4 rings (SSSR count). The van der Waals surface area contributed by atoms with Crippen LogP contribution in [0.1, 0.15) is 66.7 Å². The average Bonchev–Trinajstić information content (AvgIpc) is 3.40. The van der Waals surface area contributed by atoms with E-state index in [1.54, 1.807) is 105 Å². The first kappa shape index (κ1) is 36.1. The van der Waals surface area contributed by atoms with Crippen molar-refractivity contribution in [1.29, 1.82) is 0 Å². The summed E-state index contributed by atoms with van der Waals surface area (Å²) in [6.07, 6.45) is 6.08. The maximum Gasteiger partial charge on any atom is 0.338 e. The fourth-order valence-corrected chi connectivity index (χ4v) is 5.54. The van der Waals surface area contributed by atoms with Gasteiger partial charge >= 0.3 is 17.9 Å². The van der Waals surface area contributed by atoms with Gasteiger partial charge in [0.05, 0.1) is 17.2 Å². The van der Waals surface area contributed by atoms with Crippen molar-refractivity contribution in [3.8, 4) is 5.75 Å². The number of hydrogen-bond donors (Lipinski definition) is 0. The first-order valence-corrected chi connectivity index (χ1v) is 16.2. The Labute approximate surface area is 280 Å². The van der Waals surface area contributed by atoms with E-state index in [4.69, 9.17) is 18.9 Å². The summed E-state index contributed by atoms with van der Waals surface area (Å²) in [5.74, 6) is -5.65. The quantitative estimate of drug-likeness (QED) is 0.0660. The molecule has 0 heterocycles. The second-order valence-corrected chi connectivity index (χ2v) is 12.0. The number of carbonyl (C=O) groups is 3. The van der Waals surface area contributed by atoms with E-state index in [0.717, 1.165) is 6.08 Å². The van der Waals surface area contributed by atoms with E-state index in [1.165, 1.54) is 6.08 Å². The van der Waals surface area contributed by atoms with Crippen LogP contribution in [0.15, 0.2) is 115 Å². The van der Waals surface area contributed by atoms with Crippen molar-refractivity contribution in [3.63, 3.8) is 0 Å². The minimum atomic E-state index is -3.34. The van der Waals surface area contributed by atoms with Crippen LogP contribution in [0.4, 0.5) is 8.78 Å². The molecule has 1 fully saturated rings. The third-order valence-corrected chi connectivity index (χ3v) is 7.83. The van der Waals surface area contributed by atoms with Gasteiger partial charge in [-0.05, 0) is 75.6 Å². The molecule has 0 aliphatic heterocycles. The summed E-state index contributed by atoms with van der Waals surface area (Å²) in [6, 6.07) is 25.2. The molecular weight excluding hydrogens is 618 g/mol. The number of rotatable bonds is 16. The molecule has 0 amide bonds. The summed E-state index contributed by atoms with van der Waals surface area (Å²) in [7, 11) is 0. The number of allylic oxidation sites excluding steroid dienone is 2. The number of hydrogen-bond acceptors (Lipinski definition) is 7. The van der Waals surface area contributed by atoms with E-state index in [-0.39, 0.29) is 24.9 Å². The molecule has 0 saturated heterocycles. The van der Waals surface area contributed by atoms with Crippen LogP contribution in [-0.4, -0.2) is 48.7 Å². The van der Waals surface area contributed by atoms with Crippen LogP contribution in [0.25, 0.3) is 0 Å². The maximum atomic E-state index is 15.2. The van der Waals surface area contributed by atoms with Crippen LogP contribution in [-0.2, 0) is 19.0 Å². The maximum absolute atomic E-state index is 15.2. The smallest absolute Gasteiger partial charge is 0.338 e. The van der Waals surface area contributed by atoms with Crippen LogP contribution in [0.5, 0.6) is 5.75 Å². The molecule has 3 aromatic carbocycles. The fraction of sp³-hybridized carbons (Fsp3) is 0.359. The van der Waals surface area contributed by atoms with Crippen LogP contribution < -0.4 is 4.74 Å². The molecule has 0 radical (unpaired) electrons. The van der Waals surface area contributed by atoms with E-state index in [1.807, 2.05) is 12.2 Å². The van der Waals surface area contributed by atoms with Crippen molar-refractivity contribution in [2.75, 3.05) is 6.61 Å². The van der Waals surface area contributed by atoms with Gasteiger partial charge in [-0.2, -0.15) is 8.78 Å². The molecule has 48 heavy (non-hydrogen) atoms. The first-order valence-electron chi connectivity index (χ1n) is 16.2. The Morgan fingerprint density at radius 1 is 0.812 bits per heavy atom. The number of benzene rings is 3. The topological polar surface area (TPSA) is 88.1 Å². The Balaban J connectivity index is 1.55. The fourth-order valence-electron chi connectivity index (χ4n) is 5.54. The van der Waals surface area contributed by atoms with Crippen LogP contribution in [0, 0.1) is 11.8 Å². The SMILES string of the molecule is CC(C)OC(=O)CCC/C=C\C[C@@H]1[C@@H](/C=C/C(F)(F)COc2ccccc2)[C@H](OC(=O)c2ccccc2)C[C@@H]1OC(=O)c1ccccc1. The van der Waals surface area contributed by atoms with Crippen molar-refractivity contribution < 1.29 is 42.1 Å². The zero-order chi connectivity index (χ0) is 34.4. The third kappa shape index (κ3) is 11.5. The minimum absolute atomic E-state index is 0.123. The molecule has 0 N–H and O–H groups in total. The zero-order valence-corrected chi connectivity index (χ0v) is 27.2. The summed E-state index contributed by atoms with van der Waals surface area (Å²) in [5.41, 5.74) is 0.667. The van der Waals surface area contributed by atoms with E-state index in [9.17, 15) is 14.4 Å². The van der Waals surface area contributed by atoms with Crippen molar-refractivity contribution in [3.05, 3.63) is 126 Å². The second kappa shape index (κ2) is 17.9. The standard InChI is InChI=1S/C39H42F2O7/c1-28(2)46-36(42)23-15-4-3-14-22-32-33(24-25-39(40,41)27-45-31-20-12-7-13-21-31)35(48-38(44)30-18-10-6-11-19-30)26-34(32)47-37(43)29-16-8-5-9-17-29/h3,5-14,16-21,24-25,28,32-35H,4,15,22-23,26-27H2,1-2H3/b14-3-,25-24+/t32-,33-,34+,35-/m1/s1. The number of carbonyl (C=O) groups excluding carboxylic acids is 3. The largest absolute Gasteiger partial charge is 0.487 e. The molecule has 3 aromatic rings. The molecule has 254 valence electrons. The predicted octanol–water partition coefficient (Wildman–Crippen LogP) is 8.41. The lowest BCUT2D eigenvalue weighted by Crippen LogP contribution is -2.28. The number of alkyl halides is 2. The zero-order valence-electron chi connectivity index (χ0n) is 27.2. The van der Waals surface area contributed by atoms with E-state index in [0.29, 0.717) is 36.1 Å². The molecular formula is C39H42F2O7.